The molecule has 2 rings (SSSR count). The highest BCUT2D eigenvalue weighted by molar-refractivity contribution is 5.65. The number of rotatable bonds is 1. The van der Waals surface area contributed by atoms with Gasteiger partial charge >= 0.3 is 0 Å². The predicted octanol–water partition coefficient (Wildman–Crippen LogP) is 1.93. The molecule has 0 unspecified atom stereocenters. The van der Waals surface area contributed by atoms with Crippen molar-refractivity contribution in [1.82, 2.24) is 9.55 Å². The average molecular weight is 192 g/mol. The summed E-state index contributed by atoms with van der Waals surface area (Å²) >= 11 is 0. The van der Waals surface area contributed by atoms with Gasteiger partial charge in [0.25, 0.3) is 0 Å². The Kier molecular flexibility index (Phi) is 1.96. The second-order valence-corrected chi connectivity index (χ2v) is 3.09. The third kappa shape index (κ3) is 1.46. The smallest absolute Gasteiger partial charge is 0.127 e. The zero-order chi connectivity index (χ0) is 10.1. The summed E-state index contributed by atoms with van der Waals surface area (Å²) < 4.78 is 14.4. The van der Waals surface area contributed by atoms with Crippen molar-refractivity contribution in [2.45, 2.75) is 0 Å². The van der Waals surface area contributed by atoms with Crippen LogP contribution in [0.1, 0.15) is 0 Å². The number of phenolic OH excluding ortho intramolecular Hbond substituents is 1. The lowest BCUT2D eigenvalue weighted by atomic mass is 10.1. The molecule has 2 aromatic rings. The average Bonchev–Trinajstić information content (AvgIpc) is 2.51. The highest BCUT2D eigenvalue weighted by Crippen LogP contribution is 2.27. The van der Waals surface area contributed by atoms with E-state index in [0.29, 0.717) is 11.3 Å². The third-order valence-corrected chi connectivity index (χ3v) is 1.94. The number of phenols is 1. The number of hydrogen-bond acceptors (Lipinski definition) is 2. The first kappa shape index (κ1) is 8.74. The Morgan fingerprint density at radius 2 is 2.21 bits per heavy atom. The largest absolute Gasteiger partial charge is 0.507 e. The summed E-state index contributed by atoms with van der Waals surface area (Å²) in [5, 5.41) is 9.46. The molecule has 0 amide bonds. The minimum Gasteiger partial charge on any atom is -0.507 e. The fraction of sp³-hybridized carbons (Fsp3) is 0.100. The molecule has 0 aliphatic heterocycles. The molecule has 0 atom stereocenters. The first-order valence-corrected chi connectivity index (χ1v) is 4.13. The summed E-state index contributed by atoms with van der Waals surface area (Å²) in [4.78, 5) is 4.06. The van der Waals surface area contributed by atoms with E-state index in [4.69, 9.17) is 0 Å². The van der Waals surface area contributed by atoms with Crippen molar-refractivity contribution in [2.24, 2.45) is 7.05 Å². The number of aryl methyl sites for hydroxylation is 1. The van der Waals surface area contributed by atoms with Gasteiger partial charge in [-0.15, -0.1) is 0 Å². The summed E-state index contributed by atoms with van der Waals surface area (Å²) in [6, 6.07) is 3.88. The normalized spacial score (nSPS) is 10.4. The Morgan fingerprint density at radius 3 is 2.79 bits per heavy atom. The van der Waals surface area contributed by atoms with Crippen molar-refractivity contribution >= 4 is 0 Å². The van der Waals surface area contributed by atoms with E-state index < -0.39 is 5.82 Å². The second kappa shape index (κ2) is 3.14. The van der Waals surface area contributed by atoms with Crippen molar-refractivity contribution in [1.29, 1.82) is 0 Å². The molecule has 0 aliphatic rings. The number of aromatic hydroxyl groups is 1. The lowest BCUT2D eigenvalue weighted by molar-refractivity contribution is 0.471. The predicted molar refractivity (Wildman–Crippen MR) is 50.3 cm³/mol. The maximum atomic E-state index is 12.7. The Hall–Kier alpha value is -1.84. The van der Waals surface area contributed by atoms with E-state index in [1.807, 2.05) is 7.05 Å². The van der Waals surface area contributed by atoms with Crippen LogP contribution in [0.25, 0.3) is 11.3 Å². The van der Waals surface area contributed by atoms with Crippen LogP contribution in [0, 0.1) is 5.82 Å². The van der Waals surface area contributed by atoms with E-state index in [1.165, 1.54) is 12.1 Å². The second-order valence-electron chi connectivity index (χ2n) is 3.09. The molecule has 0 fully saturated rings. The summed E-state index contributed by atoms with van der Waals surface area (Å²) in [5.41, 5.74) is 1.16. The number of halogens is 1. The molecule has 0 aliphatic carbocycles. The van der Waals surface area contributed by atoms with Crippen LogP contribution in [0.3, 0.4) is 0 Å². The number of aromatic nitrogens is 2. The quantitative estimate of drug-likeness (QED) is 0.749. The third-order valence-electron chi connectivity index (χ3n) is 1.94. The fourth-order valence-electron chi connectivity index (χ4n) is 1.27. The first-order chi connectivity index (χ1) is 6.66. The Balaban J connectivity index is 2.52. The van der Waals surface area contributed by atoms with Gasteiger partial charge in [-0.25, -0.2) is 9.37 Å². The topological polar surface area (TPSA) is 38.0 Å². The molecule has 0 radical (unpaired) electrons. The molecule has 1 N–H and O–H groups in total. The fourth-order valence-corrected chi connectivity index (χ4v) is 1.27. The van der Waals surface area contributed by atoms with Gasteiger partial charge in [0.05, 0.1) is 12.0 Å². The van der Waals surface area contributed by atoms with Gasteiger partial charge in [0.15, 0.2) is 0 Å². The van der Waals surface area contributed by atoms with Crippen LogP contribution >= 0.6 is 0 Å². The van der Waals surface area contributed by atoms with Gasteiger partial charge in [0, 0.05) is 24.9 Å². The highest BCUT2D eigenvalue weighted by Gasteiger charge is 2.07. The minimum absolute atomic E-state index is 0.0938. The zero-order valence-corrected chi connectivity index (χ0v) is 7.61. The van der Waals surface area contributed by atoms with Crippen LogP contribution in [-0.2, 0) is 7.05 Å². The van der Waals surface area contributed by atoms with Crippen LogP contribution in [-0.4, -0.2) is 14.7 Å². The van der Waals surface area contributed by atoms with Gasteiger partial charge in [0.1, 0.15) is 11.6 Å². The molecule has 1 aromatic heterocycles. The molecule has 1 aromatic carbocycles. The minimum atomic E-state index is -0.456. The summed E-state index contributed by atoms with van der Waals surface area (Å²) in [5.74, 6) is -0.550. The van der Waals surface area contributed by atoms with Gasteiger partial charge in [-0.05, 0) is 12.1 Å². The van der Waals surface area contributed by atoms with Crippen molar-refractivity contribution < 1.29 is 9.50 Å². The van der Waals surface area contributed by atoms with E-state index in [1.54, 1.807) is 17.1 Å². The van der Waals surface area contributed by atoms with Gasteiger partial charge in [-0.1, -0.05) is 0 Å². The molecule has 4 heteroatoms. The van der Waals surface area contributed by atoms with Crippen LogP contribution in [0.15, 0.2) is 30.7 Å². The number of imidazole rings is 1. The number of nitrogens with zero attached hydrogens (tertiary/aromatic N) is 2. The molecule has 3 nitrogen and oxygen atoms in total. The monoisotopic (exact) mass is 192 g/mol. The lowest BCUT2D eigenvalue weighted by Gasteiger charge is -2.00. The molecule has 0 spiro atoms. The summed E-state index contributed by atoms with van der Waals surface area (Å²) in [6.07, 6.45) is 3.38. The maximum absolute atomic E-state index is 12.7. The lowest BCUT2D eigenvalue weighted by Crippen LogP contribution is -1.81. The van der Waals surface area contributed by atoms with Gasteiger partial charge in [0.2, 0.25) is 0 Å². The van der Waals surface area contributed by atoms with Crippen molar-refractivity contribution in [3.63, 3.8) is 0 Å². The number of benzene rings is 1. The molecular weight excluding hydrogens is 183 g/mol. The molecule has 14 heavy (non-hydrogen) atoms. The standard InChI is InChI=1S/C10H9FN2O/c1-13-5-9(12-6-13)8-3-2-7(11)4-10(8)14/h2-6,14H,1H3. The maximum Gasteiger partial charge on any atom is 0.127 e. The molecule has 0 bridgehead atoms. The first-order valence-electron chi connectivity index (χ1n) is 4.13. The Morgan fingerprint density at radius 1 is 1.43 bits per heavy atom. The summed E-state index contributed by atoms with van der Waals surface area (Å²) in [6.45, 7) is 0. The number of hydrogen-bond donors (Lipinski definition) is 1. The van der Waals surface area contributed by atoms with Crippen LogP contribution in [0.4, 0.5) is 4.39 Å². The summed E-state index contributed by atoms with van der Waals surface area (Å²) in [7, 11) is 1.83. The van der Waals surface area contributed by atoms with Crippen molar-refractivity contribution in [3.05, 3.63) is 36.5 Å². The molecule has 0 saturated heterocycles. The van der Waals surface area contributed by atoms with E-state index >= 15 is 0 Å². The van der Waals surface area contributed by atoms with E-state index in [-0.39, 0.29) is 5.75 Å². The van der Waals surface area contributed by atoms with Crippen LogP contribution < -0.4 is 0 Å². The van der Waals surface area contributed by atoms with Gasteiger partial charge in [-0.3, -0.25) is 0 Å². The Bertz CT molecular complexity index is 465. The van der Waals surface area contributed by atoms with Crippen molar-refractivity contribution in [2.75, 3.05) is 0 Å². The molecular formula is C10H9FN2O. The van der Waals surface area contributed by atoms with Crippen LogP contribution in [0.2, 0.25) is 0 Å². The van der Waals surface area contributed by atoms with Crippen molar-refractivity contribution in [3.8, 4) is 17.0 Å². The van der Waals surface area contributed by atoms with Gasteiger partial charge in [-0.2, -0.15) is 0 Å². The van der Waals surface area contributed by atoms with Crippen LogP contribution in [0.5, 0.6) is 5.75 Å². The Labute approximate surface area is 80.5 Å². The van der Waals surface area contributed by atoms with Gasteiger partial charge < -0.3 is 9.67 Å². The molecule has 72 valence electrons. The molecule has 1 heterocycles. The van der Waals surface area contributed by atoms with E-state index in [2.05, 4.69) is 4.98 Å². The zero-order valence-electron chi connectivity index (χ0n) is 7.61. The SMILES string of the molecule is Cn1cnc(-c2ccc(F)cc2O)c1. The highest BCUT2D eigenvalue weighted by atomic mass is 19.1. The molecule has 0 saturated carbocycles. The van der Waals surface area contributed by atoms with E-state index in [0.717, 1.165) is 6.07 Å². The van der Waals surface area contributed by atoms with E-state index in [9.17, 15) is 9.50 Å².